The number of carbonyl (C=O) groups is 1. The zero-order valence-electron chi connectivity index (χ0n) is 16.9. The largest absolute Gasteiger partial charge is 0.481 e. The van der Waals surface area contributed by atoms with Gasteiger partial charge in [0, 0.05) is 17.8 Å². The van der Waals surface area contributed by atoms with E-state index in [1.807, 2.05) is 59.2 Å². The van der Waals surface area contributed by atoms with Crippen LogP contribution >= 0.6 is 0 Å². The number of carboxylic acids is 1. The predicted octanol–water partition coefficient (Wildman–Crippen LogP) is 4.04. The number of rotatable bonds is 4. The van der Waals surface area contributed by atoms with Gasteiger partial charge in [-0.1, -0.05) is 42.8 Å². The molecule has 5 rings (SSSR count). The van der Waals surface area contributed by atoms with Gasteiger partial charge in [-0.05, 0) is 37.5 Å². The molecule has 0 aliphatic heterocycles. The lowest BCUT2D eigenvalue weighted by atomic mass is 9.86. The van der Waals surface area contributed by atoms with E-state index in [1.165, 1.54) is 10.7 Å². The first kappa shape index (κ1) is 19.2. The van der Waals surface area contributed by atoms with Crippen LogP contribution in [0.3, 0.4) is 0 Å². The summed E-state index contributed by atoms with van der Waals surface area (Å²) < 4.78 is 3.29. The first-order valence-electron chi connectivity index (χ1n) is 10.5. The number of aliphatic carboxylic acids is 1. The molecular weight excluding hydrogens is 392 g/mol. The summed E-state index contributed by atoms with van der Waals surface area (Å²) in [6.45, 7) is 0. The van der Waals surface area contributed by atoms with Gasteiger partial charge in [-0.2, -0.15) is 10.2 Å². The van der Waals surface area contributed by atoms with Gasteiger partial charge in [0.15, 0.2) is 0 Å². The Morgan fingerprint density at radius 3 is 2.58 bits per heavy atom. The van der Waals surface area contributed by atoms with Crippen LogP contribution in [0, 0.1) is 5.92 Å². The van der Waals surface area contributed by atoms with E-state index < -0.39 is 11.9 Å². The second kappa shape index (κ2) is 7.83. The molecule has 1 N–H and O–H groups in total. The Labute approximate surface area is 178 Å². The van der Waals surface area contributed by atoms with Gasteiger partial charge in [-0.25, -0.2) is 9.20 Å². The molecule has 156 valence electrons. The van der Waals surface area contributed by atoms with Crippen molar-refractivity contribution in [3.8, 4) is 22.5 Å². The molecule has 0 spiro atoms. The molecule has 0 amide bonds. The van der Waals surface area contributed by atoms with Gasteiger partial charge in [0.25, 0.3) is 5.56 Å². The van der Waals surface area contributed by atoms with E-state index in [-0.39, 0.29) is 11.6 Å². The number of hydrogen-bond acceptors (Lipinski definition) is 4. The molecule has 1 fully saturated rings. The molecule has 0 unspecified atom stereocenters. The summed E-state index contributed by atoms with van der Waals surface area (Å²) >= 11 is 0. The minimum Gasteiger partial charge on any atom is -0.481 e. The first-order chi connectivity index (χ1) is 15.1. The monoisotopic (exact) mass is 414 g/mol. The number of benzene rings is 1. The lowest BCUT2D eigenvalue weighted by Gasteiger charge is -2.27. The molecular formula is C24H22N4O3. The van der Waals surface area contributed by atoms with E-state index in [0.29, 0.717) is 18.5 Å². The van der Waals surface area contributed by atoms with Crippen LogP contribution < -0.4 is 5.56 Å². The van der Waals surface area contributed by atoms with Crippen molar-refractivity contribution in [3.05, 3.63) is 77.2 Å². The topological polar surface area (TPSA) is 89.5 Å². The van der Waals surface area contributed by atoms with Crippen LogP contribution in [-0.2, 0) is 4.79 Å². The van der Waals surface area contributed by atoms with Gasteiger partial charge in [-0.3, -0.25) is 9.59 Å². The summed E-state index contributed by atoms with van der Waals surface area (Å²) in [6, 6.07) is 18.8. The van der Waals surface area contributed by atoms with Crippen LogP contribution in [-0.4, -0.2) is 30.5 Å². The Kier molecular flexibility index (Phi) is 4.86. The smallest absolute Gasteiger partial charge is 0.306 e. The number of carboxylic acid groups (broad SMARTS) is 1. The molecule has 0 radical (unpaired) electrons. The van der Waals surface area contributed by atoms with Crippen LogP contribution in [0.4, 0.5) is 0 Å². The average Bonchev–Trinajstić information content (AvgIpc) is 3.20. The molecule has 4 aromatic rings. The summed E-state index contributed by atoms with van der Waals surface area (Å²) in [6.07, 6.45) is 4.48. The molecule has 1 saturated carbocycles. The highest BCUT2D eigenvalue weighted by atomic mass is 16.4. The summed E-state index contributed by atoms with van der Waals surface area (Å²) in [5.74, 6) is -1.24. The minimum atomic E-state index is -0.803. The Morgan fingerprint density at radius 2 is 1.77 bits per heavy atom. The third-order valence-electron chi connectivity index (χ3n) is 6.01. The van der Waals surface area contributed by atoms with Crippen LogP contribution in [0.1, 0.15) is 31.7 Å². The van der Waals surface area contributed by atoms with Crippen molar-refractivity contribution >= 4 is 11.5 Å². The van der Waals surface area contributed by atoms with Crippen molar-refractivity contribution in [2.75, 3.05) is 0 Å². The SMILES string of the molecule is O=C(O)[C@@H]1CCC[C@@H](n2nc(-c3c(-c4ccccc4)nn4ccccc34)ccc2=O)C1. The Hall–Kier alpha value is -3.74. The van der Waals surface area contributed by atoms with Crippen molar-refractivity contribution in [2.45, 2.75) is 31.7 Å². The summed E-state index contributed by atoms with van der Waals surface area (Å²) in [4.78, 5) is 24.2. The third kappa shape index (κ3) is 3.52. The molecule has 3 aromatic heterocycles. The van der Waals surface area contributed by atoms with Gasteiger partial charge < -0.3 is 5.11 Å². The number of nitrogens with zero attached hydrogens (tertiary/aromatic N) is 4. The number of pyridine rings is 1. The number of aromatic nitrogens is 4. The predicted molar refractivity (Wildman–Crippen MR) is 117 cm³/mol. The molecule has 0 bridgehead atoms. The number of hydrogen-bond donors (Lipinski definition) is 1. The van der Waals surface area contributed by atoms with Gasteiger partial charge in [-0.15, -0.1) is 0 Å². The molecule has 7 heteroatoms. The summed E-state index contributed by atoms with van der Waals surface area (Å²) in [7, 11) is 0. The second-order valence-electron chi connectivity index (χ2n) is 7.98. The Bertz CT molecular complexity index is 1310. The van der Waals surface area contributed by atoms with Gasteiger partial charge in [0.2, 0.25) is 0 Å². The van der Waals surface area contributed by atoms with Gasteiger partial charge >= 0.3 is 5.97 Å². The summed E-state index contributed by atoms with van der Waals surface area (Å²) in [5.41, 5.74) is 3.94. The van der Waals surface area contributed by atoms with Crippen LogP contribution in [0.5, 0.6) is 0 Å². The maximum absolute atomic E-state index is 12.7. The Morgan fingerprint density at radius 1 is 0.968 bits per heavy atom. The van der Waals surface area contributed by atoms with Gasteiger partial charge in [0.1, 0.15) is 5.69 Å². The van der Waals surface area contributed by atoms with Crippen LogP contribution in [0.15, 0.2) is 71.7 Å². The highest BCUT2D eigenvalue weighted by Gasteiger charge is 2.29. The van der Waals surface area contributed by atoms with E-state index in [9.17, 15) is 14.7 Å². The Balaban J connectivity index is 1.66. The molecule has 1 aromatic carbocycles. The zero-order chi connectivity index (χ0) is 21.4. The second-order valence-corrected chi connectivity index (χ2v) is 7.98. The van der Waals surface area contributed by atoms with E-state index in [2.05, 4.69) is 0 Å². The maximum Gasteiger partial charge on any atom is 0.306 e. The molecule has 31 heavy (non-hydrogen) atoms. The van der Waals surface area contributed by atoms with Crippen molar-refractivity contribution < 1.29 is 9.90 Å². The number of fused-ring (bicyclic) bond motifs is 1. The highest BCUT2D eigenvalue weighted by Crippen LogP contribution is 2.35. The van der Waals surface area contributed by atoms with E-state index in [0.717, 1.165) is 35.2 Å². The molecule has 1 aliphatic rings. The first-order valence-corrected chi connectivity index (χ1v) is 10.5. The minimum absolute atomic E-state index is 0.211. The maximum atomic E-state index is 12.7. The van der Waals surface area contributed by atoms with Crippen molar-refractivity contribution in [1.29, 1.82) is 0 Å². The fraction of sp³-hybridized carbons (Fsp3) is 0.250. The normalized spacial score (nSPS) is 18.8. The third-order valence-corrected chi connectivity index (χ3v) is 6.01. The van der Waals surface area contributed by atoms with Crippen molar-refractivity contribution in [3.63, 3.8) is 0 Å². The lowest BCUT2D eigenvalue weighted by molar-refractivity contribution is -0.143. The fourth-order valence-electron chi connectivity index (χ4n) is 4.48. The van der Waals surface area contributed by atoms with E-state index in [1.54, 1.807) is 6.07 Å². The lowest BCUT2D eigenvalue weighted by Crippen LogP contribution is -2.32. The van der Waals surface area contributed by atoms with Crippen LogP contribution in [0.2, 0.25) is 0 Å². The highest BCUT2D eigenvalue weighted by molar-refractivity contribution is 5.90. The van der Waals surface area contributed by atoms with Gasteiger partial charge in [0.05, 0.1) is 28.7 Å². The van der Waals surface area contributed by atoms with E-state index >= 15 is 0 Å². The molecule has 3 heterocycles. The molecule has 1 aliphatic carbocycles. The average molecular weight is 414 g/mol. The zero-order valence-corrected chi connectivity index (χ0v) is 16.9. The quantitative estimate of drug-likeness (QED) is 0.544. The van der Waals surface area contributed by atoms with E-state index in [4.69, 9.17) is 10.2 Å². The molecule has 7 nitrogen and oxygen atoms in total. The van der Waals surface area contributed by atoms with Crippen molar-refractivity contribution in [2.24, 2.45) is 5.92 Å². The summed E-state index contributed by atoms with van der Waals surface area (Å²) in [5, 5.41) is 18.9. The van der Waals surface area contributed by atoms with Crippen LogP contribution in [0.25, 0.3) is 28.0 Å². The fourth-order valence-corrected chi connectivity index (χ4v) is 4.48. The molecule has 2 atom stereocenters. The van der Waals surface area contributed by atoms with Crippen molar-refractivity contribution in [1.82, 2.24) is 19.4 Å². The molecule has 0 saturated heterocycles. The standard InChI is InChI=1S/C24H22N4O3/c29-21-13-12-19(25-28(21)18-10-6-9-17(15-18)24(30)31)22-20-11-4-5-14-27(20)26-23(22)16-7-2-1-3-8-16/h1-5,7-8,11-14,17-18H,6,9-10,15H2,(H,30,31)/t17-,18-/m1/s1.